The van der Waals surface area contributed by atoms with Crippen LogP contribution in [-0.2, 0) is 0 Å². The monoisotopic (exact) mass is 191 g/mol. The summed E-state index contributed by atoms with van der Waals surface area (Å²) in [6.07, 6.45) is 1.50. The molecule has 1 nitrogen and oxygen atoms in total. The van der Waals surface area contributed by atoms with Gasteiger partial charge in [-0.05, 0) is 6.92 Å². The third-order valence-electron chi connectivity index (χ3n) is 0. The first kappa shape index (κ1) is 23.1. The molecular formula is C5H12BrMgO+. The van der Waals surface area contributed by atoms with E-state index in [0.717, 1.165) is 0 Å². The molecule has 0 atom stereocenters. The number of aliphatic hydroxyl groups excluding tert-OH is 1. The number of halogens is 1. The third kappa shape index (κ3) is 274. The summed E-state index contributed by atoms with van der Waals surface area (Å²) in [6.45, 7) is 8.43. The van der Waals surface area contributed by atoms with E-state index >= 15 is 0 Å². The minimum Gasteiger partial charge on any atom is -0.518 e. The van der Waals surface area contributed by atoms with Gasteiger partial charge in [0.05, 0.1) is 0 Å². The van der Waals surface area contributed by atoms with Crippen LogP contribution in [0.1, 0.15) is 13.8 Å². The van der Waals surface area contributed by atoms with E-state index < -0.39 is 0 Å². The first-order chi connectivity index (χ1) is 2.83. The van der Waals surface area contributed by atoms with E-state index in [0.29, 0.717) is 0 Å². The predicted octanol–water partition coefficient (Wildman–Crippen LogP) is 1.19. The molecule has 0 rings (SSSR count). The van der Waals surface area contributed by atoms with E-state index in [4.69, 9.17) is 11.7 Å². The van der Waals surface area contributed by atoms with Crippen LogP contribution in [0.4, 0.5) is 0 Å². The zero-order chi connectivity index (χ0) is 5.41. The molecule has 0 aromatic rings. The van der Waals surface area contributed by atoms with Crippen LogP contribution in [0.15, 0.2) is 6.08 Å². The first-order valence-corrected chi connectivity index (χ1v) is 1.93. The number of hydrogen-bond acceptors (Lipinski definition) is 1. The number of rotatable bonds is 0. The Hall–Kier alpha value is 0.946. The maximum absolute atomic E-state index is 7.57. The van der Waals surface area contributed by atoms with Crippen molar-refractivity contribution < 1.29 is 5.11 Å². The minimum atomic E-state index is 0. The van der Waals surface area contributed by atoms with E-state index in [1.54, 1.807) is 13.8 Å². The molecule has 8 heavy (non-hydrogen) atoms. The molecule has 46 valence electrons. The van der Waals surface area contributed by atoms with Gasteiger partial charge < -0.3 is 11.7 Å². The van der Waals surface area contributed by atoms with E-state index in [1.165, 1.54) is 6.08 Å². The summed E-state index contributed by atoms with van der Waals surface area (Å²) in [4.78, 5) is 0. The van der Waals surface area contributed by atoms with Crippen molar-refractivity contribution >= 4 is 40.0 Å². The van der Waals surface area contributed by atoms with Gasteiger partial charge in [-0.3, -0.25) is 6.08 Å². The van der Waals surface area contributed by atoms with Crippen LogP contribution >= 0.6 is 17.0 Å². The average Bonchev–Trinajstić information content (AvgIpc) is 1.39. The maximum Gasteiger partial charge on any atom is 2.00 e. The van der Waals surface area contributed by atoms with Gasteiger partial charge in [-0.2, -0.15) is 0 Å². The molecule has 0 heterocycles. The SMILES string of the molecule is Br.CCO.[CH-]=CC.[Mg+2]. The van der Waals surface area contributed by atoms with Crippen LogP contribution in [0.3, 0.4) is 0 Å². The molecule has 0 radical (unpaired) electrons. The fourth-order valence-corrected chi connectivity index (χ4v) is 0. The number of hydrogen-bond donors (Lipinski definition) is 1. The van der Waals surface area contributed by atoms with Crippen molar-refractivity contribution in [3.05, 3.63) is 12.7 Å². The van der Waals surface area contributed by atoms with E-state index in [2.05, 4.69) is 0 Å². The van der Waals surface area contributed by atoms with Crippen molar-refractivity contribution in [1.29, 1.82) is 0 Å². The largest absolute Gasteiger partial charge is 2.00 e. The number of allylic oxidation sites excluding steroid dienone is 1. The zero-order valence-electron chi connectivity index (χ0n) is 5.42. The summed E-state index contributed by atoms with van der Waals surface area (Å²) in [7, 11) is 0. The Morgan fingerprint density at radius 2 is 1.62 bits per heavy atom. The topological polar surface area (TPSA) is 20.2 Å². The third-order valence-corrected chi connectivity index (χ3v) is 0. The van der Waals surface area contributed by atoms with Crippen LogP contribution < -0.4 is 0 Å². The smallest absolute Gasteiger partial charge is 0.518 e. The quantitative estimate of drug-likeness (QED) is 0.451. The Bertz CT molecular complexity index is 26.4. The summed E-state index contributed by atoms with van der Waals surface area (Å²) in [5, 5.41) is 7.57. The molecule has 0 aliphatic heterocycles. The Morgan fingerprint density at radius 1 is 1.62 bits per heavy atom. The standard InChI is InChI=1S/C3H5.C2H6O.BrH.Mg/c1-3-2;1-2-3;;/h1,3H,2H3;3H,2H2,1H3;1H;/q-1;;;+2. The average molecular weight is 192 g/mol. The second-order valence-corrected chi connectivity index (χ2v) is 0.650. The van der Waals surface area contributed by atoms with Gasteiger partial charge >= 0.3 is 23.1 Å². The summed E-state index contributed by atoms with van der Waals surface area (Å²) < 4.78 is 0. The van der Waals surface area contributed by atoms with Crippen molar-refractivity contribution in [3.8, 4) is 0 Å². The molecule has 0 fully saturated rings. The fourth-order valence-electron chi connectivity index (χ4n) is 0. The van der Waals surface area contributed by atoms with Crippen LogP contribution in [-0.4, -0.2) is 34.8 Å². The van der Waals surface area contributed by atoms with Gasteiger partial charge in [-0.1, -0.05) is 6.92 Å². The summed E-state index contributed by atoms with van der Waals surface area (Å²) >= 11 is 0. The van der Waals surface area contributed by atoms with Gasteiger partial charge in [0.15, 0.2) is 0 Å². The first-order valence-electron chi connectivity index (χ1n) is 1.93. The fraction of sp³-hybridized carbons (Fsp3) is 0.600. The molecule has 3 heteroatoms. The molecule has 0 amide bonds. The van der Waals surface area contributed by atoms with Crippen molar-refractivity contribution in [2.75, 3.05) is 6.61 Å². The molecule has 0 bridgehead atoms. The van der Waals surface area contributed by atoms with Crippen LogP contribution in [0.5, 0.6) is 0 Å². The Labute approximate surface area is 78.1 Å². The Balaban J connectivity index is -0.0000000160. The molecule has 0 saturated heterocycles. The second kappa shape index (κ2) is 44.2. The second-order valence-electron chi connectivity index (χ2n) is 0.650. The molecule has 1 N–H and O–H groups in total. The molecule has 0 spiro atoms. The summed E-state index contributed by atoms with van der Waals surface area (Å²) in [5.74, 6) is 0. The van der Waals surface area contributed by atoms with Gasteiger partial charge in [0.1, 0.15) is 0 Å². The van der Waals surface area contributed by atoms with Crippen LogP contribution in [0.25, 0.3) is 0 Å². The molecule has 0 unspecified atom stereocenters. The van der Waals surface area contributed by atoms with Gasteiger partial charge in [0, 0.05) is 6.61 Å². The van der Waals surface area contributed by atoms with Crippen LogP contribution in [0.2, 0.25) is 0 Å². The van der Waals surface area contributed by atoms with Gasteiger partial charge in [0.2, 0.25) is 0 Å². The van der Waals surface area contributed by atoms with Gasteiger partial charge in [-0.25, -0.2) is 0 Å². The molecule has 0 aliphatic carbocycles. The normalized spacial score (nSPS) is 3.88. The van der Waals surface area contributed by atoms with Crippen molar-refractivity contribution in [1.82, 2.24) is 0 Å². The Morgan fingerprint density at radius 3 is 1.62 bits per heavy atom. The zero-order valence-corrected chi connectivity index (χ0v) is 8.55. The molecule has 0 aliphatic rings. The number of aliphatic hydroxyl groups is 1. The van der Waals surface area contributed by atoms with Crippen molar-refractivity contribution in [2.45, 2.75) is 13.8 Å². The molecular weight excluding hydrogens is 180 g/mol. The summed E-state index contributed by atoms with van der Waals surface area (Å²) in [5.41, 5.74) is 0. The molecule has 0 aromatic heterocycles. The van der Waals surface area contributed by atoms with Gasteiger partial charge in [0.25, 0.3) is 0 Å². The summed E-state index contributed by atoms with van der Waals surface area (Å²) in [6, 6.07) is 0. The van der Waals surface area contributed by atoms with E-state index in [1.807, 2.05) is 0 Å². The van der Waals surface area contributed by atoms with Crippen molar-refractivity contribution in [3.63, 3.8) is 0 Å². The van der Waals surface area contributed by atoms with Gasteiger partial charge in [-0.15, -0.1) is 17.0 Å². The van der Waals surface area contributed by atoms with Crippen molar-refractivity contribution in [2.24, 2.45) is 0 Å². The maximum atomic E-state index is 7.57. The van der Waals surface area contributed by atoms with Crippen LogP contribution in [0, 0.1) is 6.58 Å². The predicted molar refractivity (Wildman–Crippen MR) is 43.4 cm³/mol. The van der Waals surface area contributed by atoms with E-state index in [-0.39, 0.29) is 46.6 Å². The van der Waals surface area contributed by atoms with E-state index in [9.17, 15) is 0 Å². The molecule has 0 saturated carbocycles. The minimum absolute atomic E-state index is 0. The molecule has 0 aromatic carbocycles. The Kier molecular flexibility index (Phi) is 127.